The molecule has 2 aromatic heterocycles. The second-order valence-corrected chi connectivity index (χ2v) is 7.31. The van der Waals surface area contributed by atoms with Crippen LogP contribution in [0.5, 0.6) is 0 Å². The fraction of sp³-hybridized carbons (Fsp3) is 0.0357. The van der Waals surface area contributed by atoms with Crippen LogP contribution in [0.4, 0.5) is 0 Å². The van der Waals surface area contributed by atoms with Crippen LogP contribution < -0.4 is 0 Å². The molecular weight excluding hydrogens is 364 g/mol. The van der Waals surface area contributed by atoms with Crippen LogP contribution in [0.3, 0.4) is 0 Å². The molecule has 0 aliphatic heterocycles. The van der Waals surface area contributed by atoms with Crippen molar-refractivity contribution >= 4 is 0 Å². The van der Waals surface area contributed by atoms with Gasteiger partial charge in [0.2, 0.25) is 0 Å². The van der Waals surface area contributed by atoms with Crippen molar-refractivity contribution in [3.8, 4) is 33.8 Å². The SMILES string of the molecule is c1ccc(Cn2c(-c3ccccc3)cc(-c3ccccn3)c2-c2ccccc2)cc1. The molecule has 3 aromatic carbocycles. The third kappa shape index (κ3) is 3.56. The largest absolute Gasteiger partial charge is 0.335 e. The summed E-state index contributed by atoms with van der Waals surface area (Å²) in [6.45, 7) is 0.794. The van der Waals surface area contributed by atoms with Gasteiger partial charge in [-0.15, -0.1) is 0 Å². The van der Waals surface area contributed by atoms with Gasteiger partial charge in [-0.1, -0.05) is 97.1 Å². The molecule has 5 rings (SSSR count). The predicted octanol–water partition coefficient (Wildman–Crippen LogP) is 6.93. The molecule has 0 bridgehead atoms. The van der Waals surface area contributed by atoms with Crippen molar-refractivity contribution in [2.75, 3.05) is 0 Å². The molecule has 0 saturated heterocycles. The number of pyridine rings is 1. The van der Waals surface area contributed by atoms with Crippen LogP contribution >= 0.6 is 0 Å². The van der Waals surface area contributed by atoms with Gasteiger partial charge in [-0.3, -0.25) is 4.98 Å². The Morgan fingerprint density at radius 1 is 0.600 bits per heavy atom. The van der Waals surface area contributed by atoms with E-state index in [0.29, 0.717) is 0 Å². The quantitative estimate of drug-likeness (QED) is 0.320. The van der Waals surface area contributed by atoms with Gasteiger partial charge in [-0.25, -0.2) is 0 Å². The molecule has 2 heteroatoms. The van der Waals surface area contributed by atoms with E-state index < -0.39 is 0 Å². The van der Waals surface area contributed by atoms with E-state index in [0.717, 1.165) is 17.8 Å². The summed E-state index contributed by atoms with van der Waals surface area (Å²) < 4.78 is 2.42. The number of hydrogen-bond acceptors (Lipinski definition) is 1. The average molecular weight is 386 g/mol. The Morgan fingerprint density at radius 2 is 1.20 bits per heavy atom. The number of hydrogen-bond donors (Lipinski definition) is 0. The maximum atomic E-state index is 4.68. The van der Waals surface area contributed by atoms with Crippen LogP contribution in [0.2, 0.25) is 0 Å². The first-order valence-corrected chi connectivity index (χ1v) is 10.2. The number of nitrogens with zero attached hydrogens (tertiary/aromatic N) is 2. The van der Waals surface area contributed by atoms with Crippen LogP contribution in [0.15, 0.2) is 121 Å². The summed E-state index contributed by atoms with van der Waals surface area (Å²) in [5.74, 6) is 0. The maximum Gasteiger partial charge on any atom is 0.0723 e. The van der Waals surface area contributed by atoms with Gasteiger partial charge in [0, 0.05) is 24.0 Å². The van der Waals surface area contributed by atoms with Gasteiger partial charge in [-0.05, 0) is 34.9 Å². The smallest absolute Gasteiger partial charge is 0.0723 e. The highest BCUT2D eigenvalue weighted by molar-refractivity contribution is 5.85. The first kappa shape index (κ1) is 18.1. The molecule has 0 N–H and O–H groups in total. The van der Waals surface area contributed by atoms with Crippen LogP contribution in [0.25, 0.3) is 33.8 Å². The van der Waals surface area contributed by atoms with Gasteiger partial charge in [0.25, 0.3) is 0 Å². The van der Waals surface area contributed by atoms with E-state index in [1.165, 1.54) is 28.1 Å². The van der Waals surface area contributed by atoms with Crippen molar-refractivity contribution in [2.45, 2.75) is 6.54 Å². The van der Waals surface area contributed by atoms with Gasteiger partial charge < -0.3 is 4.57 Å². The number of benzene rings is 3. The second kappa shape index (κ2) is 8.22. The molecule has 0 spiro atoms. The normalized spacial score (nSPS) is 10.8. The Labute approximate surface area is 177 Å². The first-order chi connectivity index (χ1) is 14.9. The molecule has 0 aliphatic carbocycles. The van der Waals surface area contributed by atoms with E-state index in [9.17, 15) is 0 Å². The van der Waals surface area contributed by atoms with Crippen LogP contribution in [-0.2, 0) is 6.54 Å². The van der Waals surface area contributed by atoms with E-state index in [4.69, 9.17) is 0 Å². The molecule has 0 amide bonds. The van der Waals surface area contributed by atoms with Crippen molar-refractivity contribution in [1.82, 2.24) is 9.55 Å². The molecule has 144 valence electrons. The zero-order valence-corrected chi connectivity index (χ0v) is 16.6. The van der Waals surface area contributed by atoms with Gasteiger partial charge in [0.15, 0.2) is 0 Å². The minimum atomic E-state index is 0.794. The summed E-state index contributed by atoms with van der Waals surface area (Å²) in [5, 5.41) is 0. The molecule has 2 nitrogen and oxygen atoms in total. The van der Waals surface area contributed by atoms with Crippen LogP contribution in [0, 0.1) is 0 Å². The molecule has 0 saturated carbocycles. The fourth-order valence-corrected chi connectivity index (χ4v) is 3.95. The van der Waals surface area contributed by atoms with E-state index in [1.807, 2.05) is 18.3 Å². The zero-order valence-electron chi connectivity index (χ0n) is 16.6. The Bertz CT molecular complexity index is 1230. The molecular formula is C28H22N2. The Balaban J connectivity index is 1.80. The number of rotatable bonds is 5. The van der Waals surface area contributed by atoms with Crippen molar-refractivity contribution in [3.63, 3.8) is 0 Å². The maximum absolute atomic E-state index is 4.68. The van der Waals surface area contributed by atoms with E-state index >= 15 is 0 Å². The standard InChI is InChI=1S/C28H22N2/c1-4-12-22(13-5-1)21-30-27(23-14-6-2-7-15-23)20-25(26-18-10-11-19-29-26)28(30)24-16-8-3-9-17-24/h1-20H,21H2. The third-order valence-electron chi connectivity index (χ3n) is 5.34. The molecule has 30 heavy (non-hydrogen) atoms. The van der Waals surface area contributed by atoms with Gasteiger partial charge in [0.1, 0.15) is 0 Å². The minimum Gasteiger partial charge on any atom is -0.335 e. The molecule has 0 unspecified atom stereocenters. The Kier molecular flexibility index (Phi) is 4.97. The lowest BCUT2D eigenvalue weighted by atomic mass is 10.0. The van der Waals surface area contributed by atoms with E-state index in [-0.39, 0.29) is 0 Å². The van der Waals surface area contributed by atoms with Gasteiger partial charge >= 0.3 is 0 Å². The lowest BCUT2D eigenvalue weighted by Gasteiger charge is -2.15. The summed E-state index contributed by atoms with van der Waals surface area (Å²) >= 11 is 0. The third-order valence-corrected chi connectivity index (χ3v) is 5.34. The zero-order chi connectivity index (χ0) is 20.2. The number of aromatic nitrogens is 2. The first-order valence-electron chi connectivity index (χ1n) is 10.2. The summed E-state index contributed by atoms with van der Waals surface area (Å²) in [6, 6.07) is 40.2. The van der Waals surface area contributed by atoms with E-state index in [1.54, 1.807) is 0 Å². The Morgan fingerprint density at radius 3 is 1.83 bits per heavy atom. The van der Waals surface area contributed by atoms with Crippen LogP contribution in [0.1, 0.15) is 5.56 Å². The van der Waals surface area contributed by atoms with Crippen molar-refractivity contribution in [2.24, 2.45) is 0 Å². The van der Waals surface area contributed by atoms with Crippen molar-refractivity contribution in [1.29, 1.82) is 0 Å². The van der Waals surface area contributed by atoms with Crippen molar-refractivity contribution in [3.05, 3.63) is 127 Å². The second-order valence-electron chi connectivity index (χ2n) is 7.31. The molecule has 2 heterocycles. The summed E-state index contributed by atoms with van der Waals surface area (Å²) in [5.41, 5.74) is 8.19. The Hall–Kier alpha value is -3.91. The molecule has 0 radical (unpaired) electrons. The highest BCUT2D eigenvalue weighted by Crippen LogP contribution is 2.38. The molecule has 5 aromatic rings. The van der Waals surface area contributed by atoms with Crippen molar-refractivity contribution < 1.29 is 0 Å². The monoisotopic (exact) mass is 386 g/mol. The fourth-order valence-electron chi connectivity index (χ4n) is 3.95. The molecule has 0 fully saturated rings. The highest BCUT2D eigenvalue weighted by atomic mass is 15.0. The van der Waals surface area contributed by atoms with Crippen LogP contribution in [-0.4, -0.2) is 9.55 Å². The highest BCUT2D eigenvalue weighted by Gasteiger charge is 2.20. The van der Waals surface area contributed by atoms with Gasteiger partial charge in [0.05, 0.1) is 11.4 Å². The summed E-state index contributed by atoms with van der Waals surface area (Å²) in [7, 11) is 0. The molecule has 0 atom stereocenters. The van der Waals surface area contributed by atoms with E-state index in [2.05, 4.69) is 113 Å². The topological polar surface area (TPSA) is 17.8 Å². The summed E-state index contributed by atoms with van der Waals surface area (Å²) in [6.07, 6.45) is 1.86. The minimum absolute atomic E-state index is 0.794. The summed E-state index contributed by atoms with van der Waals surface area (Å²) in [4.78, 5) is 4.68. The lowest BCUT2D eigenvalue weighted by Crippen LogP contribution is -2.04. The molecule has 0 aliphatic rings. The predicted molar refractivity (Wildman–Crippen MR) is 124 cm³/mol. The average Bonchev–Trinajstić information content (AvgIpc) is 3.20. The van der Waals surface area contributed by atoms with Gasteiger partial charge in [-0.2, -0.15) is 0 Å². The lowest BCUT2D eigenvalue weighted by molar-refractivity contribution is 0.822.